The van der Waals surface area contributed by atoms with Crippen molar-refractivity contribution in [3.8, 4) is 5.75 Å². The minimum absolute atomic E-state index is 0.00313. The molecule has 166 valence electrons. The molecule has 0 bridgehead atoms. The van der Waals surface area contributed by atoms with Crippen LogP contribution in [0.4, 0.5) is 0 Å². The van der Waals surface area contributed by atoms with Crippen LogP contribution in [-0.2, 0) is 16.1 Å². The fourth-order valence-corrected chi connectivity index (χ4v) is 4.49. The largest absolute Gasteiger partial charge is 0.484 e. The molecule has 4 rings (SSSR count). The molecule has 3 saturated heterocycles. The SMILES string of the molecule is CN1CCN([C@@H]2CN(Cc3ccc(OCC(=O)N4CCOCC4)cc3)C[C@@H]2O)CC1. The van der Waals surface area contributed by atoms with Gasteiger partial charge in [0.25, 0.3) is 5.91 Å². The van der Waals surface area contributed by atoms with E-state index in [9.17, 15) is 9.90 Å². The van der Waals surface area contributed by atoms with Crippen LogP contribution in [0.5, 0.6) is 5.75 Å². The van der Waals surface area contributed by atoms with Crippen molar-refractivity contribution in [1.82, 2.24) is 19.6 Å². The number of likely N-dealkylation sites (N-methyl/N-ethyl adjacent to an activating group) is 1. The number of carbonyl (C=O) groups is 1. The van der Waals surface area contributed by atoms with Crippen LogP contribution in [-0.4, -0.2) is 122 Å². The van der Waals surface area contributed by atoms with E-state index >= 15 is 0 Å². The molecule has 0 aromatic heterocycles. The molecule has 3 aliphatic heterocycles. The maximum atomic E-state index is 12.2. The maximum Gasteiger partial charge on any atom is 0.260 e. The number of benzene rings is 1. The van der Waals surface area contributed by atoms with Gasteiger partial charge >= 0.3 is 0 Å². The number of carbonyl (C=O) groups excluding carboxylic acids is 1. The van der Waals surface area contributed by atoms with Gasteiger partial charge in [0.1, 0.15) is 5.75 Å². The first-order chi connectivity index (χ1) is 14.6. The van der Waals surface area contributed by atoms with Crippen molar-refractivity contribution < 1.29 is 19.4 Å². The Bertz CT molecular complexity index is 687. The lowest BCUT2D eigenvalue weighted by Crippen LogP contribution is -2.52. The van der Waals surface area contributed by atoms with Crippen molar-refractivity contribution in [2.24, 2.45) is 0 Å². The number of piperazine rings is 1. The number of β-amino-alcohol motifs (C(OH)–C–C–N with tert-alkyl or cyclic N) is 1. The van der Waals surface area contributed by atoms with Crippen LogP contribution in [0, 0.1) is 0 Å². The molecule has 1 N–H and O–H groups in total. The Morgan fingerprint density at radius 2 is 1.77 bits per heavy atom. The summed E-state index contributed by atoms with van der Waals surface area (Å²) in [6, 6.07) is 8.17. The molecule has 1 aromatic carbocycles. The number of nitrogens with zero attached hydrogens (tertiary/aromatic N) is 4. The summed E-state index contributed by atoms with van der Waals surface area (Å²) in [7, 11) is 2.15. The van der Waals surface area contributed by atoms with E-state index < -0.39 is 0 Å². The molecule has 3 aliphatic rings. The zero-order valence-electron chi connectivity index (χ0n) is 17.9. The van der Waals surface area contributed by atoms with E-state index in [-0.39, 0.29) is 24.7 Å². The van der Waals surface area contributed by atoms with Crippen molar-refractivity contribution in [2.75, 3.05) is 79.2 Å². The molecule has 0 unspecified atom stereocenters. The molecule has 8 nitrogen and oxygen atoms in total. The van der Waals surface area contributed by atoms with Crippen LogP contribution >= 0.6 is 0 Å². The van der Waals surface area contributed by atoms with Gasteiger partial charge in [-0.2, -0.15) is 0 Å². The van der Waals surface area contributed by atoms with Gasteiger partial charge in [-0.15, -0.1) is 0 Å². The van der Waals surface area contributed by atoms with Crippen LogP contribution < -0.4 is 4.74 Å². The average Bonchev–Trinajstić information content (AvgIpc) is 3.14. The molecule has 0 spiro atoms. The highest BCUT2D eigenvalue weighted by molar-refractivity contribution is 5.77. The Kier molecular flexibility index (Phi) is 7.22. The number of likely N-dealkylation sites (tertiary alicyclic amines) is 1. The summed E-state index contributed by atoms with van der Waals surface area (Å²) in [5.74, 6) is 0.709. The summed E-state index contributed by atoms with van der Waals surface area (Å²) in [6.07, 6.45) is -0.290. The van der Waals surface area contributed by atoms with Crippen molar-refractivity contribution in [3.05, 3.63) is 29.8 Å². The number of aliphatic hydroxyl groups is 1. The zero-order valence-corrected chi connectivity index (χ0v) is 17.9. The first-order valence-corrected chi connectivity index (χ1v) is 11.0. The van der Waals surface area contributed by atoms with Gasteiger partial charge in [0.05, 0.1) is 19.3 Å². The first kappa shape index (κ1) is 21.5. The summed E-state index contributed by atoms with van der Waals surface area (Å²) >= 11 is 0. The second-order valence-corrected chi connectivity index (χ2v) is 8.59. The lowest BCUT2D eigenvalue weighted by molar-refractivity contribution is -0.137. The molecule has 30 heavy (non-hydrogen) atoms. The number of hydrogen-bond donors (Lipinski definition) is 1. The molecular weight excluding hydrogens is 384 g/mol. The normalized spacial score (nSPS) is 26.8. The number of hydrogen-bond acceptors (Lipinski definition) is 7. The van der Waals surface area contributed by atoms with E-state index in [4.69, 9.17) is 9.47 Å². The van der Waals surface area contributed by atoms with E-state index in [1.165, 1.54) is 5.56 Å². The first-order valence-electron chi connectivity index (χ1n) is 11.0. The van der Waals surface area contributed by atoms with Crippen LogP contribution in [0.2, 0.25) is 0 Å². The number of rotatable bonds is 6. The Balaban J connectivity index is 1.23. The van der Waals surface area contributed by atoms with Gasteiger partial charge in [0, 0.05) is 64.9 Å². The Labute approximate surface area is 178 Å². The molecule has 8 heteroatoms. The third kappa shape index (κ3) is 5.50. The lowest BCUT2D eigenvalue weighted by Gasteiger charge is -2.37. The van der Waals surface area contributed by atoms with Crippen LogP contribution in [0.25, 0.3) is 0 Å². The Hall–Kier alpha value is -1.71. The summed E-state index contributed by atoms with van der Waals surface area (Å²) < 4.78 is 10.9. The maximum absolute atomic E-state index is 12.2. The van der Waals surface area contributed by atoms with Gasteiger partial charge in [-0.3, -0.25) is 14.6 Å². The van der Waals surface area contributed by atoms with Crippen LogP contribution in [0.15, 0.2) is 24.3 Å². The Morgan fingerprint density at radius 3 is 2.47 bits per heavy atom. The smallest absolute Gasteiger partial charge is 0.260 e. The summed E-state index contributed by atoms with van der Waals surface area (Å²) in [5.41, 5.74) is 1.19. The molecule has 3 fully saturated rings. The molecule has 1 aromatic rings. The van der Waals surface area contributed by atoms with Gasteiger partial charge in [0.15, 0.2) is 6.61 Å². The van der Waals surface area contributed by atoms with E-state index in [1.807, 2.05) is 24.3 Å². The van der Waals surface area contributed by atoms with Crippen LogP contribution in [0.1, 0.15) is 5.56 Å². The van der Waals surface area contributed by atoms with Gasteiger partial charge < -0.3 is 24.4 Å². The minimum Gasteiger partial charge on any atom is -0.484 e. The predicted molar refractivity (Wildman–Crippen MR) is 113 cm³/mol. The van der Waals surface area contributed by atoms with Gasteiger partial charge in [-0.1, -0.05) is 12.1 Å². The predicted octanol–water partition coefficient (Wildman–Crippen LogP) is -0.283. The van der Waals surface area contributed by atoms with E-state index in [2.05, 4.69) is 21.7 Å². The highest BCUT2D eigenvalue weighted by atomic mass is 16.5. The third-order valence-electron chi connectivity index (χ3n) is 6.40. The monoisotopic (exact) mass is 418 g/mol. The highest BCUT2D eigenvalue weighted by Gasteiger charge is 2.36. The lowest BCUT2D eigenvalue weighted by atomic mass is 10.1. The quantitative estimate of drug-likeness (QED) is 0.681. The summed E-state index contributed by atoms with van der Waals surface area (Å²) in [6.45, 7) is 9.15. The van der Waals surface area contributed by atoms with E-state index in [0.717, 1.165) is 39.3 Å². The molecule has 3 heterocycles. The standard InChI is InChI=1S/C22H34N4O4/c1-23-6-8-25(9-7-23)20-15-24(16-21(20)27)14-18-2-4-19(5-3-18)30-17-22(28)26-10-12-29-13-11-26/h2-5,20-21,27H,6-17H2,1H3/t20-,21+/m1/s1. The number of aliphatic hydroxyl groups excluding tert-OH is 1. The third-order valence-corrected chi connectivity index (χ3v) is 6.40. The van der Waals surface area contributed by atoms with E-state index in [0.29, 0.717) is 38.6 Å². The van der Waals surface area contributed by atoms with Crippen molar-refractivity contribution in [3.63, 3.8) is 0 Å². The zero-order chi connectivity index (χ0) is 20.9. The summed E-state index contributed by atoms with van der Waals surface area (Å²) in [5, 5.41) is 10.6. The van der Waals surface area contributed by atoms with Crippen molar-refractivity contribution >= 4 is 5.91 Å². The average molecular weight is 419 g/mol. The number of morpholine rings is 1. The number of amides is 1. The molecule has 0 saturated carbocycles. The van der Waals surface area contributed by atoms with Gasteiger partial charge in [-0.25, -0.2) is 0 Å². The fraction of sp³-hybridized carbons (Fsp3) is 0.682. The van der Waals surface area contributed by atoms with Gasteiger partial charge in [-0.05, 0) is 24.7 Å². The molecule has 2 atom stereocenters. The van der Waals surface area contributed by atoms with Crippen molar-refractivity contribution in [2.45, 2.75) is 18.7 Å². The molecule has 1 amide bonds. The fourth-order valence-electron chi connectivity index (χ4n) is 4.49. The van der Waals surface area contributed by atoms with E-state index in [1.54, 1.807) is 4.90 Å². The Morgan fingerprint density at radius 1 is 1.07 bits per heavy atom. The molecule has 0 radical (unpaired) electrons. The minimum atomic E-state index is -0.290. The number of ether oxygens (including phenoxy) is 2. The van der Waals surface area contributed by atoms with Crippen molar-refractivity contribution in [1.29, 1.82) is 0 Å². The topological polar surface area (TPSA) is 68.7 Å². The van der Waals surface area contributed by atoms with Crippen LogP contribution in [0.3, 0.4) is 0 Å². The molecule has 0 aliphatic carbocycles. The second-order valence-electron chi connectivity index (χ2n) is 8.59. The second kappa shape index (κ2) is 10.1. The van der Waals surface area contributed by atoms with Gasteiger partial charge in [0.2, 0.25) is 0 Å². The highest BCUT2D eigenvalue weighted by Crippen LogP contribution is 2.21. The molecular formula is C22H34N4O4. The summed E-state index contributed by atoms with van der Waals surface area (Å²) in [4.78, 5) is 21.1.